The number of nitrogens with zero attached hydrogens (tertiary/aromatic N) is 1. The van der Waals surface area contributed by atoms with Crippen molar-refractivity contribution in [3.05, 3.63) is 35.4 Å². The minimum absolute atomic E-state index is 0.144. The molecule has 1 saturated carbocycles. The molecule has 80 valence electrons. The van der Waals surface area contributed by atoms with E-state index in [1.54, 1.807) is 0 Å². The van der Waals surface area contributed by atoms with E-state index in [9.17, 15) is 0 Å². The zero-order chi connectivity index (χ0) is 10.8. The van der Waals surface area contributed by atoms with Gasteiger partial charge in [-0.15, -0.1) is 0 Å². The van der Waals surface area contributed by atoms with Crippen LogP contribution in [0.1, 0.15) is 24.0 Å². The molecule has 0 bridgehead atoms. The molecule has 0 radical (unpaired) electrons. The minimum atomic E-state index is 0.144. The van der Waals surface area contributed by atoms with Gasteiger partial charge in [0.2, 0.25) is 0 Å². The van der Waals surface area contributed by atoms with E-state index in [0.29, 0.717) is 0 Å². The molecule has 0 amide bonds. The molecular formula is C12H17N3. The number of hydrogen-bond acceptors (Lipinski definition) is 2. The van der Waals surface area contributed by atoms with E-state index in [0.717, 1.165) is 18.2 Å². The summed E-state index contributed by atoms with van der Waals surface area (Å²) in [6.07, 6.45) is 2.64. The van der Waals surface area contributed by atoms with E-state index in [-0.39, 0.29) is 5.84 Å². The molecule has 1 aromatic carbocycles. The standard InChI is InChI=1S/C12H17N3/c1-15(11-5-6-11)8-9-3-2-4-10(7-9)12(13)14/h2-4,7,11H,5-6,8H2,1H3,(H3,13,14). The van der Waals surface area contributed by atoms with Gasteiger partial charge in [0, 0.05) is 18.2 Å². The topological polar surface area (TPSA) is 53.1 Å². The Balaban J connectivity index is 2.07. The van der Waals surface area contributed by atoms with Gasteiger partial charge >= 0.3 is 0 Å². The minimum Gasteiger partial charge on any atom is -0.384 e. The molecule has 3 heteroatoms. The fraction of sp³-hybridized carbons (Fsp3) is 0.417. The molecule has 1 fully saturated rings. The summed E-state index contributed by atoms with van der Waals surface area (Å²) in [5.41, 5.74) is 7.51. The zero-order valence-corrected chi connectivity index (χ0v) is 9.03. The van der Waals surface area contributed by atoms with E-state index in [2.05, 4.69) is 18.0 Å². The number of nitrogens with one attached hydrogen (secondary N) is 1. The first-order valence-electron chi connectivity index (χ1n) is 5.30. The van der Waals surface area contributed by atoms with Gasteiger partial charge in [-0.2, -0.15) is 0 Å². The van der Waals surface area contributed by atoms with Crippen molar-refractivity contribution in [2.45, 2.75) is 25.4 Å². The molecule has 1 aliphatic carbocycles. The highest BCUT2D eigenvalue weighted by Gasteiger charge is 2.25. The van der Waals surface area contributed by atoms with Gasteiger partial charge in [0.05, 0.1) is 0 Å². The predicted molar refractivity (Wildman–Crippen MR) is 61.9 cm³/mol. The number of benzene rings is 1. The molecule has 0 saturated heterocycles. The Morgan fingerprint density at radius 2 is 2.27 bits per heavy atom. The monoisotopic (exact) mass is 203 g/mol. The second kappa shape index (κ2) is 4.03. The summed E-state index contributed by atoms with van der Waals surface area (Å²) < 4.78 is 0. The average Bonchev–Trinajstić information content (AvgIpc) is 3.01. The normalized spacial score (nSPS) is 15.6. The highest BCUT2D eigenvalue weighted by atomic mass is 15.1. The van der Waals surface area contributed by atoms with Crippen molar-refractivity contribution in [3.63, 3.8) is 0 Å². The molecule has 0 aromatic heterocycles. The van der Waals surface area contributed by atoms with Crippen LogP contribution >= 0.6 is 0 Å². The van der Waals surface area contributed by atoms with Crippen LogP contribution < -0.4 is 5.73 Å². The maximum Gasteiger partial charge on any atom is 0.122 e. The largest absolute Gasteiger partial charge is 0.384 e. The number of rotatable bonds is 4. The van der Waals surface area contributed by atoms with Crippen molar-refractivity contribution in [2.75, 3.05) is 7.05 Å². The quantitative estimate of drug-likeness (QED) is 0.576. The Kier molecular flexibility index (Phi) is 2.73. The Morgan fingerprint density at radius 3 is 2.87 bits per heavy atom. The number of amidine groups is 1. The lowest BCUT2D eigenvalue weighted by atomic mass is 10.1. The molecule has 0 unspecified atom stereocenters. The molecule has 3 N–H and O–H groups in total. The first kappa shape index (κ1) is 10.2. The van der Waals surface area contributed by atoms with E-state index < -0.39 is 0 Å². The Labute approximate surface area is 90.4 Å². The van der Waals surface area contributed by atoms with Crippen molar-refractivity contribution in [1.29, 1.82) is 5.41 Å². The van der Waals surface area contributed by atoms with Gasteiger partial charge in [0.25, 0.3) is 0 Å². The maximum atomic E-state index is 7.38. The van der Waals surface area contributed by atoms with Gasteiger partial charge in [0.15, 0.2) is 0 Å². The van der Waals surface area contributed by atoms with Gasteiger partial charge in [-0.3, -0.25) is 10.3 Å². The summed E-state index contributed by atoms with van der Waals surface area (Å²) in [6, 6.07) is 8.70. The summed E-state index contributed by atoms with van der Waals surface area (Å²) in [5, 5.41) is 7.38. The molecule has 1 aromatic rings. The first-order valence-corrected chi connectivity index (χ1v) is 5.30. The van der Waals surface area contributed by atoms with Crippen LogP contribution in [0.25, 0.3) is 0 Å². The van der Waals surface area contributed by atoms with Crippen molar-refractivity contribution in [2.24, 2.45) is 5.73 Å². The summed E-state index contributed by atoms with van der Waals surface area (Å²) in [7, 11) is 2.15. The van der Waals surface area contributed by atoms with Gasteiger partial charge in [-0.05, 0) is 31.5 Å². The molecular weight excluding hydrogens is 186 g/mol. The lowest BCUT2D eigenvalue weighted by molar-refractivity contribution is 0.316. The average molecular weight is 203 g/mol. The second-order valence-corrected chi connectivity index (χ2v) is 4.26. The van der Waals surface area contributed by atoms with Crippen molar-refractivity contribution < 1.29 is 0 Å². The number of hydrogen-bond donors (Lipinski definition) is 2. The zero-order valence-electron chi connectivity index (χ0n) is 9.03. The van der Waals surface area contributed by atoms with Crippen LogP contribution in [0.15, 0.2) is 24.3 Å². The van der Waals surface area contributed by atoms with Gasteiger partial charge in [0.1, 0.15) is 5.84 Å². The molecule has 1 aliphatic rings. The third-order valence-corrected chi connectivity index (χ3v) is 2.84. The molecule has 0 heterocycles. The third-order valence-electron chi connectivity index (χ3n) is 2.84. The number of nitrogen functional groups attached to an aromatic ring is 1. The molecule has 15 heavy (non-hydrogen) atoms. The first-order chi connectivity index (χ1) is 7.16. The van der Waals surface area contributed by atoms with Crippen molar-refractivity contribution in [3.8, 4) is 0 Å². The lowest BCUT2D eigenvalue weighted by Crippen LogP contribution is -2.20. The molecule has 0 aliphatic heterocycles. The lowest BCUT2D eigenvalue weighted by Gasteiger charge is -2.15. The smallest absolute Gasteiger partial charge is 0.122 e. The van der Waals surface area contributed by atoms with Gasteiger partial charge < -0.3 is 5.73 Å². The molecule has 0 atom stereocenters. The van der Waals surface area contributed by atoms with Crippen LogP contribution in [0.5, 0.6) is 0 Å². The molecule has 2 rings (SSSR count). The maximum absolute atomic E-state index is 7.38. The summed E-state index contributed by atoms with van der Waals surface area (Å²) >= 11 is 0. The fourth-order valence-corrected chi connectivity index (χ4v) is 1.77. The summed E-state index contributed by atoms with van der Waals surface area (Å²) in [5.74, 6) is 0.144. The van der Waals surface area contributed by atoms with Crippen LogP contribution in [-0.4, -0.2) is 23.8 Å². The molecule has 3 nitrogen and oxygen atoms in total. The third kappa shape index (κ3) is 2.57. The van der Waals surface area contributed by atoms with Gasteiger partial charge in [-0.25, -0.2) is 0 Å². The van der Waals surface area contributed by atoms with Crippen molar-refractivity contribution >= 4 is 5.84 Å². The highest BCUT2D eigenvalue weighted by molar-refractivity contribution is 5.95. The Bertz CT molecular complexity index is 369. The van der Waals surface area contributed by atoms with E-state index in [4.69, 9.17) is 11.1 Å². The summed E-state index contributed by atoms with van der Waals surface area (Å²) in [4.78, 5) is 2.36. The fourth-order valence-electron chi connectivity index (χ4n) is 1.77. The van der Waals surface area contributed by atoms with Crippen LogP contribution in [0.2, 0.25) is 0 Å². The van der Waals surface area contributed by atoms with Crippen LogP contribution in [0.4, 0.5) is 0 Å². The highest BCUT2D eigenvalue weighted by Crippen LogP contribution is 2.26. The van der Waals surface area contributed by atoms with E-state index in [1.807, 2.05) is 18.2 Å². The van der Waals surface area contributed by atoms with Crippen LogP contribution in [0, 0.1) is 5.41 Å². The Morgan fingerprint density at radius 1 is 1.53 bits per heavy atom. The van der Waals surface area contributed by atoms with Crippen molar-refractivity contribution in [1.82, 2.24) is 4.90 Å². The van der Waals surface area contributed by atoms with Crippen LogP contribution in [0.3, 0.4) is 0 Å². The molecule has 0 spiro atoms. The second-order valence-electron chi connectivity index (χ2n) is 4.26. The predicted octanol–water partition coefficient (Wildman–Crippen LogP) is 1.56. The number of nitrogens with two attached hydrogens (primary N) is 1. The Hall–Kier alpha value is -1.35. The SMILES string of the molecule is CN(Cc1cccc(C(=N)N)c1)C1CC1. The van der Waals surface area contributed by atoms with Crippen LogP contribution in [-0.2, 0) is 6.54 Å². The van der Waals surface area contributed by atoms with E-state index >= 15 is 0 Å². The van der Waals surface area contributed by atoms with E-state index in [1.165, 1.54) is 18.4 Å². The van der Waals surface area contributed by atoms with Gasteiger partial charge in [-0.1, -0.05) is 18.2 Å². The summed E-state index contributed by atoms with van der Waals surface area (Å²) in [6.45, 7) is 0.950.